The van der Waals surface area contributed by atoms with Crippen LogP contribution in [-0.2, 0) is 6.18 Å². The molecule has 0 atom stereocenters. The lowest BCUT2D eigenvalue weighted by atomic mass is 10.0. The number of aromatic nitrogens is 3. The lowest BCUT2D eigenvalue weighted by Crippen LogP contribution is -2.04. The molecular weight excluding hydrogens is 367 g/mol. The summed E-state index contributed by atoms with van der Waals surface area (Å²) in [5.41, 5.74) is 2.83. The van der Waals surface area contributed by atoms with Crippen LogP contribution in [0.2, 0.25) is 0 Å². The summed E-state index contributed by atoms with van der Waals surface area (Å²) in [6.07, 6.45) is -2.93. The first-order valence-corrected chi connectivity index (χ1v) is 8.50. The molecule has 0 fully saturated rings. The highest BCUT2D eigenvalue weighted by molar-refractivity contribution is 6.05. The molecule has 0 aliphatic rings. The average Bonchev–Trinajstić information content (AvgIpc) is 3.32. The molecule has 4 nitrogen and oxygen atoms in total. The second-order valence-electron chi connectivity index (χ2n) is 6.40. The van der Waals surface area contributed by atoms with Crippen LogP contribution in [0.1, 0.15) is 5.69 Å². The standard InChI is InChI=1S/C21H12F3N3O/c22-21(23,24)20-11-17(26-27-20)16-9-13(7-8-25-16)12-5-6-15-14-3-1-2-4-18(14)28-19(15)10-12/h1-11H,(H,26,27). The predicted molar refractivity (Wildman–Crippen MR) is 99.5 cm³/mol. The summed E-state index contributed by atoms with van der Waals surface area (Å²) in [7, 11) is 0. The van der Waals surface area contributed by atoms with Gasteiger partial charge in [0.05, 0.1) is 5.69 Å². The molecule has 3 aromatic heterocycles. The molecule has 0 aliphatic carbocycles. The molecule has 5 rings (SSSR count). The summed E-state index contributed by atoms with van der Waals surface area (Å²) in [4.78, 5) is 4.15. The SMILES string of the molecule is FC(F)(F)c1cc(-c2cc(-c3ccc4c(c3)oc3ccccc34)ccn2)n[nH]1. The molecule has 5 aromatic rings. The fourth-order valence-corrected chi connectivity index (χ4v) is 3.25. The molecule has 0 amide bonds. The number of pyridine rings is 1. The zero-order valence-corrected chi connectivity index (χ0v) is 14.3. The van der Waals surface area contributed by atoms with Crippen LogP contribution in [-0.4, -0.2) is 15.2 Å². The van der Waals surface area contributed by atoms with E-state index in [1.807, 2.05) is 47.6 Å². The molecule has 0 saturated carbocycles. The molecule has 28 heavy (non-hydrogen) atoms. The number of H-pyrrole nitrogens is 1. The number of nitrogens with zero attached hydrogens (tertiary/aromatic N) is 2. The van der Waals surface area contributed by atoms with Crippen LogP contribution in [0, 0.1) is 0 Å². The van der Waals surface area contributed by atoms with E-state index in [2.05, 4.69) is 10.1 Å². The Kier molecular flexibility index (Phi) is 3.52. The summed E-state index contributed by atoms with van der Waals surface area (Å²) in [6, 6.07) is 18.1. The first-order valence-electron chi connectivity index (χ1n) is 8.50. The Hall–Kier alpha value is -3.61. The molecule has 138 valence electrons. The van der Waals surface area contributed by atoms with Gasteiger partial charge in [-0.2, -0.15) is 18.3 Å². The molecule has 1 N–H and O–H groups in total. The Morgan fingerprint density at radius 3 is 2.39 bits per heavy atom. The second-order valence-corrected chi connectivity index (χ2v) is 6.40. The van der Waals surface area contributed by atoms with Crippen molar-refractivity contribution in [1.82, 2.24) is 15.2 Å². The van der Waals surface area contributed by atoms with Crippen molar-refractivity contribution >= 4 is 21.9 Å². The number of hydrogen-bond donors (Lipinski definition) is 1. The number of para-hydroxylation sites is 1. The van der Waals surface area contributed by atoms with E-state index in [1.54, 1.807) is 18.3 Å². The van der Waals surface area contributed by atoms with E-state index in [9.17, 15) is 13.2 Å². The van der Waals surface area contributed by atoms with E-state index >= 15 is 0 Å². The van der Waals surface area contributed by atoms with Crippen molar-refractivity contribution in [2.75, 3.05) is 0 Å². The maximum Gasteiger partial charge on any atom is 0.432 e. The smallest absolute Gasteiger partial charge is 0.432 e. The topological polar surface area (TPSA) is 54.7 Å². The molecule has 0 aliphatic heterocycles. The first-order chi connectivity index (χ1) is 13.5. The van der Waals surface area contributed by atoms with Crippen LogP contribution in [0.25, 0.3) is 44.5 Å². The Bertz CT molecular complexity index is 1320. The largest absolute Gasteiger partial charge is 0.456 e. The number of fused-ring (bicyclic) bond motifs is 3. The summed E-state index contributed by atoms with van der Waals surface area (Å²) in [5, 5.41) is 7.80. The highest BCUT2D eigenvalue weighted by Crippen LogP contribution is 2.33. The zero-order valence-electron chi connectivity index (χ0n) is 14.3. The van der Waals surface area contributed by atoms with Crippen LogP contribution >= 0.6 is 0 Å². The Balaban J connectivity index is 1.57. The third kappa shape index (κ3) is 2.72. The molecular formula is C21H12F3N3O. The minimum atomic E-state index is -4.48. The van der Waals surface area contributed by atoms with Gasteiger partial charge >= 0.3 is 6.18 Å². The molecule has 3 heterocycles. The highest BCUT2D eigenvalue weighted by atomic mass is 19.4. The average molecular weight is 379 g/mol. The van der Waals surface area contributed by atoms with Gasteiger partial charge in [0, 0.05) is 17.0 Å². The monoisotopic (exact) mass is 379 g/mol. The predicted octanol–water partition coefficient (Wildman–Crippen LogP) is 6.06. The number of benzene rings is 2. The normalized spacial score (nSPS) is 12.1. The van der Waals surface area contributed by atoms with E-state index in [0.717, 1.165) is 39.1 Å². The van der Waals surface area contributed by atoms with Crippen LogP contribution in [0.3, 0.4) is 0 Å². The van der Waals surface area contributed by atoms with Crippen LogP contribution in [0.15, 0.2) is 71.3 Å². The van der Waals surface area contributed by atoms with Crippen molar-refractivity contribution in [2.24, 2.45) is 0 Å². The van der Waals surface area contributed by atoms with Gasteiger partial charge in [0.15, 0.2) is 0 Å². The van der Waals surface area contributed by atoms with Gasteiger partial charge in [-0.05, 0) is 47.5 Å². The zero-order chi connectivity index (χ0) is 19.3. The van der Waals surface area contributed by atoms with E-state index in [4.69, 9.17) is 4.42 Å². The first kappa shape index (κ1) is 16.6. The fourth-order valence-electron chi connectivity index (χ4n) is 3.25. The molecule has 7 heteroatoms. The third-order valence-corrected chi connectivity index (χ3v) is 4.62. The molecule has 0 bridgehead atoms. The van der Waals surface area contributed by atoms with E-state index in [0.29, 0.717) is 5.69 Å². The van der Waals surface area contributed by atoms with Crippen molar-refractivity contribution in [2.45, 2.75) is 6.18 Å². The molecule has 0 radical (unpaired) electrons. The van der Waals surface area contributed by atoms with Gasteiger partial charge in [-0.1, -0.05) is 24.3 Å². The summed E-state index contributed by atoms with van der Waals surface area (Å²) < 4.78 is 44.3. The van der Waals surface area contributed by atoms with Crippen LogP contribution in [0.4, 0.5) is 13.2 Å². The Morgan fingerprint density at radius 1 is 0.786 bits per heavy atom. The number of aromatic amines is 1. The number of halogens is 3. The molecule has 0 saturated heterocycles. The molecule has 0 spiro atoms. The van der Waals surface area contributed by atoms with Gasteiger partial charge in [-0.3, -0.25) is 10.1 Å². The Morgan fingerprint density at radius 2 is 1.57 bits per heavy atom. The molecule has 0 unspecified atom stereocenters. The number of rotatable bonds is 2. The van der Waals surface area contributed by atoms with Gasteiger partial charge in [0.25, 0.3) is 0 Å². The van der Waals surface area contributed by atoms with Crippen molar-refractivity contribution < 1.29 is 17.6 Å². The minimum Gasteiger partial charge on any atom is -0.456 e. The van der Waals surface area contributed by atoms with Gasteiger partial charge < -0.3 is 4.42 Å². The lowest BCUT2D eigenvalue weighted by Gasteiger charge is -2.04. The van der Waals surface area contributed by atoms with Crippen molar-refractivity contribution in [3.05, 3.63) is 72.6 Å². The number of nitrogens with one attached hydrogen (secondary N) is 1. The number of alkyl halides is 3. The number of hydrogen-bond acceptors (Lipinski definition) is 3. The van der Waals surface area contributed by atoms with Crippen molar-refractivity contribution in [3.63, 3.8) is 0 Å². The fraction of sp³-hybridized carbons (Fsp3) is 0.0476. The maximum absolute atomic E-state index is 12.8. The number of furan rings is 1. The quantitative estimate of drug-likeness (QED) is 0.406. The molecule has 2 aromatic carbocycles. The van der Waals surface area contributed by atoms with Crippen LogP contribution < -0.4 is 0 Å². The van der Waals surface area contributed by atoms with Gasteiger partial charge in [-0.15, -0.1) is 0 Å². The third-order valence-electron chi connectivity index (χ3n) is 4.62. The van der Waals surface area contributed by atoms with Crippen LogP contribution in [0.5, 0.6) is 0 Å². The highest BCUT2D eigenvalue weighted by Gasteiger charge is 2.33. The van der Waals surface area contributed by atoms with Crippen molar-refractivity contribution in [3.8, 4) is 22.5 Å². The summed E-state index contributed by atoms with van der Waals surface area (Å²) >= 11 is 0. The van der Waals surface area contributed by atoms with E-state index in [1.165, 1.54) is 0 Å². The van der Waals surface area contributed by atoms with Gasteiger partial charge in [0.1, 0.15) is 22.6 Å². The summed E-state index contributed by atoms with van der Waals surface area (Å²) in [5.74, 6) is 0. The van der Waals surface area contributed by atoms with Gasteiger partial charge in [-0.25, -0.2) is 0 Å². The van der Waals surface area contributed by atoms with E-state index < -0.39 is 11.9 Å². The van der Waals surface area contributed by atoms with E-state index in [-0.39, 0.29) is 5.69 Å². The maximum atomic E-state index is 12.8. The second kappa shape index (κ2) is 5.95. The minimum absolute atomic E-state index is 0.138. The lowest BCUT2D eigenvalue weighted by molar-refractivity contribution is -0.141. The van der Waals surface area contributed by atoms with Crippen molar-refractivity contribution in [1.29, 1.82) is 0 Å². The van der Waals surface area contributed by atoms with Gasteiger partial charge in [0.2, 0.25) is 0 Å². The summed E-state index contributed by atoms with van der Waals surface area (Å²) in [6.45, 7) is 0. The Labute approximate surface area is 156 Å².